The molecule has 0 aliphatic carbocycles. The van der Waals surface area contributed by atoms with E-state index >= 15 is 0 Å². The number of aromatic nitrogens is 2. The molecule has 2 aliphatic rings. The third-order valence-electron chi connectivity index (χ3n) is 4.04. The van der Waals surface area contributed by atoms with E-state index in [9.17, 15) is 4.79 Å². The fourth-order valence-electron chi connectivity index (χ4n) is 2.97. The monoisotopic (exact) mass is 270 g/mol. The van der Waals surface area contributed by atoms with Crippen molar-refractivity contribution >= 4 is 18.3 Å². The average molecular weight is 271 g/mol. The molecule has 0 bridgehead atoms. The highest BCUT2D eigenvalue weighted by molar-refractivity contribution is 5.92. The zero-order valence-corrected chi connectivity index (χ0v) is 11.1. The lowest BCUT2D eigenvalue weighted by molar-refractivity contribution is 0.0752. The van der Waals surface area contributed by atoms with Gasteiger partial charge in [0.15, 0.2) is 0 Å². The molecule has 0 unspecified atom stereocenters. The number of H-pyrrole nitrogens is 1. The minimum absolute atomic E-state index is 0. The minimum Gasteiger partial charge on any atom is -0.337 e. The highest BCUT2D eigenvalue weighted by Crippen LogP contribution is 2.27. The summed E-state index contributed by atoms with van der Waals surface area (Å²) in [5.74, 6) is 1.61. The van der Waals surface area contributed by atoms with Crippen molar-refractivity contribution in [1.29, 1.82) is 0 Å². The van der Waals surface area contributed by atoms with Gasteiger partial charge in [0.25, 0.3) is 5.91 Å². The minimum atomic E-state index is 0. The van der Waals surface area contributed by atoms with Crippen LogP contribution in [0.15, 0.2) is 12.3 Å². The number of halogens is 1. The molecule has 100 valence electrons. The van der Waals surface area contributed by atoms with E-state index in [4.69, 9.17) is 0 Å². The van der Waals surface area contributed by atoms with Crippen molar-refractivity contribution in [2.45, 2.75) is 12.8 Å². The Morgan fingerprint density at radius 2 is 1.94 bits per heavy atom. The van der Waals surface area contributed by atoms with Crippen molar-refractivity contribution < 1.29 is 4.79 Å². The second kappa shape index (κ2) is 5.71. The zero-order valence-electron chi connectivity index (χ0n) is 10.3. The standard InChI is InChI=1S/C12H18N4O.ClH/c17-12(11-1-4-14-15-11)16-5-2-9-7-13-8-10(9)3-6-16;/h1,4,9-10,13H,2-3,5-8H2,(H,14,15);1H/t9-,10+;. The third kappa shape index (κ3) is 2.52. The molecule has 0 saturated carbocycles. The number of hydrogen-bond acceptors (Lipinski definition) is 3. The molecule has 5 nitrogen and oxygen atoms in total. The Kier molecular flexibility index (Phi) is 4.24. The molecule has 2 fully saturated rings. The van der Waals surface area contributed by atoms with Gasteiger partial charge < -0.3 is 10.2 Å². The fraction of sp³-hybridized carbons (Fsp3) is 0.667. The molecule has 2 saturated heterocycles. The normalized spacial score (nSPS) is 27.2. The SMILES string of the molecule is Cl.O=C(c1ccn[nH]1)N1CC[C@@H]2CNC[C@@H]2CC1. The van der Waals surface area contributed by atoms with Gasteiger partial charge in [-0.3, -0.25) is 9.89 Å². The van der Waals surface area contributed by atoms with Crippen LogP contribution in [-0.2, 0) is 0 Å². The fourth-order valence-corrected chi connectivity index (χ4v) is 2.97. The topological polar surface area (TPSA) is 61.0 Å². The molecule has 0 aromatic carbocycles. The molecule has 1 aromatic heterocycles. The molecule has 3 heterocycles. The van der Waals surface area contributed by atoms with Crippen molar-refractivity contribution in [2.24, 2.45) is 11.8 Å². The highest BCUT2D eigenvalue weighted by Gasteiger charge is 2.31. The molecular formula is C12H19ClN4O. The molecule has 1 aromatic rings. The van der Waals surface area contributed by atoms with Crippen molar-refractivity contribution in [3.8, 4) is 0 Å². The van der Waals surface area contributed by atoms with Crippen LogP contribution in [-0.4, -0.2) is 47.2 Å². The molecule has 2 atom stereocenters. The van der Waals surface area contributed by atoms with Crippen molar-refractivity contribution in [1.82, 2.24) is 20.4 Å². The van der Waals surface area contributed by atoms with Crippen LogP contribution in [0.5, 0.6) is 0 Å². The molecule has 2 N–H and O–H groups in total. The van der Waals surface area contributed by atoms with E-state index in [2.05, 4.69) is 15.5 Å². The van der Waals surface area contributed by atoms with Crippen LogP contribution in [0.25, 0.3) is 0 Å². The first kappa shape index (κ1) is 13.4. The first-order valence-electron chi connectivity index (χ1n) is 6.34. The number of carbonyl (C=O) groups excluding carboxylic acids is 1. The summed E-state index contributed by atoms with van der Waals surface area (Å²) in [7, 11) is 0. The van der Waals surface area contributed by atoms with Crippen LogP contribution in [0, 0.1) is 11.8 Å². The smallest absolute Gasteiger partial charge is 0.271 e. The predicted molar refractivity (Wildman–Crippen MR) is 70.8 cm³/mol. The Balaban J connectivity index is 0.00000120. The van der Waals surface area contributed by atoms with Crippen LogP contribution in [0.4, 0.5) is 0 Å². The van der Waals surface area contributed by atoms with Gasteiger partial charge in [-0.2, -0.15) is 5.10 Å². The van der Waals surface area contributed by atoms with Gasteiger partial charge in [0.1, 0.15) is 5.69 Å². The summed E-state index contributed by atoms with van der Waals surface area (Å²) < 4.78 is 0. The largest absolute Gasteiger partial charge is 0.337 e. The number of carbonyl (C=O) groups is 1. The number of fused-ring (bicyclic) bond motifs is 1. The summed E-state index contributed by atoms with van der Waals surface area (Å²) in [6.45, 7) is 3.99. The number of aromatic amines is 1. The number of nitrogens with one attached hydrogen (secondary N) is 2. The van der Waals surface area contributed by atoms with Crippen LogP contribution in [0.3, 0.4) is 0 Å². The number of rotatable bonds is 1. The van der Waals surface area contributed by atoms with E-state index in [0.29, 0.717) is 5.69 Å². The summed E-state index contributed by atoms with van der Waals surface area (Å²) in [5.41, 5.74) is 0.607. The lowest BCUT2D eigenvalue weighted by atomic mass is 9.92. The van der Waals surface area contributed by atoms with Crippen LogP contribution < -0.4 is 5.32 Å². The van der Waals surface area contributed by atoms with Crippen molar-refractivity contribution in [2.75, 3.05) is 26.2 Å². The Bertz CT molecular complexity index is 381. The summed E-state index contributed by atoms with van der Waals surface area (Å²) in [5, 5.41) is 10.0. The second-order valence-electron chi connectivity index (χ2n) is 5.02. The molecule has 6 heteroatoms. The van der Waals surface area contributed by atoms with E-state index in [1.165, 1.54) is 0 Å². The number of nitrogens with zero attached hydrogens (tertiary/aromatic N) is 2. The Morgan fingerprint density at radius 3 is 2.50 bits per heavy atom. The molecular weight excluding hydrogens is 252 g/mol. The zero-order chi connectivity index (χ0) is 11.7. The summed E-state index contributed by atoms with van der Waals surface area (Å²) in [6, 6.07) is 1.75. The van der Waals surface area contributed by atoms with E-state index in [1.807, 2.05) is 4.90 Å². The van der Waals surface area contributed by atoms with Gasteiger partial charge in [-0.05, 0) is 43.8 Å². The quantitative estimate of drug-likeness (QED) is 0.797. The molecule has 18 heavy (non-hydrogen) atoms. The van der Waals surface area contributed by atoms with Crippen molar-refractivity contribution in [3.63, 3.8) is 0 Å². The molecule has 2 aliphatic heterocycles. The highest BCUT2D eigenvalue weighted by atomic mass is 35.5. The number of hydrogen-bond donors (Lipinski definition) is 2. The van der Waals surface area contributed by atoms with E-state index in [0.717, 1.165) is 50.9 Å². The van der Waals surface area contributed by atoms with Gasteiger partial charge in [0.05, 0.1) is 0 Å². The maximum Gasteiger partial charge on any atom is 0.271 e. The number of amides is 1. The van der Waals surface area contributed by atoms with Gasteiger partial charge in [-0.15, -0.1) is 12.4 Å². The van der Waals surface area contributed by atoms with Gasteiger partial charge in [-0.25, -0.2) is 0 Å². The molecule has 3 rings (SSSR count). The molecule has 0 radical (unpaired) electrons. The van der Waals surface area contributed by atoms with Crippen LogP contribution in [0.2, 0.25) is 0 Å². The van der Waals surface area contributed by atoms with Gasteiger partial charge in [-0.1, -0.05) is 0 Å². The van der Waals surface area contributed by atoms with E-state index in [-0.39, 0.29) is 18.3 Å². The van der Waals surface area contributed by atoms with Crippen LogP contribution >= 0.6 is 12.4 Å². The van der Waals surface area contributed by atoms with Gasteiger partial charge in [0, 0.05) is 19.3 Å². The maximum atomic E-state index is 12.2. The molecule has 1 amide bonds. The van der Waals surface area contributed by atoms with Gasteiger partial charge >= 0.3 is 0 Å². The lowest BCUT2D eigenvalue weighted by Crippen LogP contribution is -2.33. The summed E-state index contributed by atoms with van der Waals surface area (Å²) >= 11 is 0. The Hall–Kier alpha value is -1.07. The first-order chi connectivity index (χ1) is 8.34. The Morgan fingerprint density at radius 1 is 1.28 bits per heavy atom. The average Bonchev–Trinajstić information content (AvgIpc) is 2.97. The van der Waals surface area contributed by atoms with E-state index in [1.54, 1.807) is 12.3 Å². The van der Waals surface area contributed by atoms with Crippen molar-refractivity contribution in [3.05, 3.63) is 18.0 Å². The lowest BCUT2D eigenvalue weighted by Gasteiger charge is -2.19. The summed E-state index contributed by atoms with van der Waals surface area (Å²) in [6.07, 6.45) is 3.87. The van der Waals surface area contributed by atoms with Crippen LogP contribution in [0.1, 0.15) is 23.3 Å². The summed E-state index contributed by atoms with van der Waals surface area (Å²) in [4.78, 5) is 14.1. The number of likely N-dealkylation sites (tertiary alicyclic amines) is 1. The molecule has 0 spiro atoms. The predicted octanol–water partition coefficient (Wildman–Crippen LogP) is 0.903. The van der Waals surface area contributed by atoms with E-state index < -0.39 is 0 Å². The second-order valence-corrected chi connectivity index (χ2v) is 5.02. The third-order valence-corrected chi connectivity index (χ3v) is 4.04. The Labute approximate surface area is 113 Å². The first-order valence-corrected chi connectivity index (χ1v) is 6.34. The maximum absolute atomic E-state index is 12.2. The van der Waals surface area contributed by atoms with Gasteiger partial charge in [0.2, 0.25) is 0 Å².